The lowest BCUT2D eigenvalue weighted by molar-refractivity contribution is 0.0833. The zero-order chi connectivity index (χ0) is 20.5. The van der Waals surface area contributed by atoms with Crippen molar-refractivity contribution in [2.75, 3.05) is 26.3 Å². The summed E-state index contributed by atoms with van der Waals surface area (Å²) in [5, 5.41) is 3.02. The number of aromatic nitrogens is 1. The molecular formula is C23H24N2O4S. The number of rotatable bonds is 5. The van der Waals surface area contributed by atoms with Crippen molar-refractivity contribution in [1.82, 2.24) is 9.88 Å². The molecule has 0 spiro atoms. The van der Waals surface area contributed by atoms with Gasteiger partial charge in [0.05, 0.1) is 5.69 Å². The van der Waals surface area contributed by atoms with Gasteiger partial charge in [-0.2, -0.15) is 0 Å². The second kappa shape index (κ2) is 8.24. The van der Waals surface area contributed by atoms with Crippen LogP contribution < -0.4 is 9.47 Å². The SMILES string of the molecule is Cc1ccc(-c2nc(CN3CCC(C(=O)c4ccc5c(c4)OCCO5)CC3)cs2)o1. The number of carbonyl (C=O) groups excluding carboxylic acids is 1. The van der Waals surface area contributed by atoms with E-state index in [9.17, 15) is 4.79 Å². The molecule has 2 aliphatic heterocycles. The molecule has 5 rings (SSSR count). The second-order valence-electron chi connectivity index (χ2n) is 7.83. The molecule has 7 heteroatoms. The number of ketones is 1. The lowest BCUT2D eigenvalue weighted by atomic mass is 9.88. The third-order valence-corrected chi connectivity index (χ3v) is 6.58. The Hall–Kier alpha value is -2.64. The van der Waals surface area contributed by atoms with Gasteiger partial charge in [-0.05, 0) is 63.2 Å². The number of furan rings is 1. The zero-order valence-corrected chi connectivity index (χ0v) is 17.7. The van der Waals surface area contributed by atoms with Crippen molar-refractivity contribution in [1.29, 1.82) is 0 Å². The number of hydrogen-bond donors (Lipinski definition) is 0. The standard InChI is InChI=1S/C23H24N2O4S/c1-15-2-4-20(29-15)23-24-18(14-30-23)13-25-8-6-16(7-9-25)22(26)17-3-5-19-21(12-17)28-11-10-27-19/h2-5,12,14,16H,6-11,13H2,1H3. The molecule has 1 saturated heterocycles. The Morgan fingerprint density at radius 3 is 2.70 bits per heavy atom. The number of carbonyl (C=O) groups is 1. The van der Waals surface area contributed by atoms with Gasteiger partial charge >= 0.3 is 0 Å². The van der Waals surface area contributed by atoms with E-state index in [4.69, 9.17) is 18.9 Å². The fourth-order valence-electron chi connectivity index (χ4n) is 4.06. The molecule has 30 heavy (non-hydrogen) atoms. The van der Waals surface area contributed by atoms with Crippen molar-refractivity contribution < 1.29 is 18.7 Å². The molecule has 0 atom stereocenters. The van der Waals surface area contributed by atoms with E-state index in [1.807, 2.05) is 37.3 Å². The normalized spacial score (nSPS) is 17.2. The van der Waals surface area contributed by atoms with Crippen LogP contribution in [0.2, 0.25) is 0 Å². The Labute approximate surface area is 179 Å². The minimum atomic E-state index is 0.0564. The first-order valence-electron chi connectivity index (χ1n) is 10.3. The van der Waals surface area contributed by atoms with Crippen LogP contribution in [0.5, 0.6) is 11.5 Å². The summed E-state index contributed by atoms with van der Waals surface area (Å²) in [5.74, 6) is 3.38. The van der Waals surface area contributed by atoms with Crippen molar-refractivity contribution in [3.8, 4) is 22.3 Å². The first-order valence-corrected chi connectivity index (χ1v) is 11.2. The van der Waals surface area contributed by atoms with Crippen molar-refractivity contribution in [3.63, 3.8) is 0 Å². The van der Waals surface area contributed by atoms with Gasteiger partial charge in [-0.25, -0.2) is 4.98 Å². The van der Waals surface area contributed by atoms with Crippen molar-refractivity contribution in [2.45, 2.75) is 26.3 Å². The predicted octanol–water partition coefficient (Wildman–Crippen LogP) is 4.58. The van der Waals surface area contributed by atoms with Gasteiger partial charge in [0, 0.05) is 23.4 Å². The largest absolute Gasteiger partial charge is 0.486 e. The number of piperidine rings is 1. The summed E-state index contributed by atoms with van der Waals surface area (Å²) in [6.45, 7) is 5.62. The Bertz CT molecular complexity index is 1050. The van der Waals surface area contributed by atoms with E-state index in [0.29, 0.717) is 19.0 Å². The van der Waals surface area contributed by atoms with E-state index in [1.54, 1.807) is 11.3 Å². The van der Waals surface area contributed by atoms with Crippen molar-refractivity contribution in [3.05, 3.63) is 52.7 Å². The summed E-state index contributed by atoms with van der Waals surface area (Å²) in [6.07, 6.45) is 1.73. The van der Waals surface area contributed by atoms with Gasteiger partial charge in [-0.1, -0.05) is 0 Å². The number of aryl methyl sites for hydroxylation is 1. The van der Waals surface area contributed by atoms with Gasteiger partial charge in [0.25, 0.3) is 0 Å². The molecule has 2 aromatic heterocycles. The van der Waals surface area contributed by atoms with Crippen molar-refractivity contribution in [2.24, 2.45) is 5.92 Å². The molecule has 0 unspecified atom stereocenters. The fraction of sp³-hybridized carbons (Fsp3) is 0.391. The lowest BCUT2D eigenvalue weighted by Gasteiger charge is -2.30. The molecule has 2 aliphatic rings. The summed E-state index contributed by atoms with van der Waals surface area (Å²) in [4.78, 5) is 20.1. The summed E-state index contributed by atoms with van der Waals surface area (Å²) in [5.41, 5.74) is 1.77. The van der Waals surface area contributed by atoms with E-state index in [2.05, 4.69) is 10.3 Å². The average Bonchev–Trinajstić information content (AvgIpc) is 3.42. The van der Waals surface area contributed by atoms with Crippen LogP contribution in [-0.2, 0) is 6.54 Å². The number of likely N-dealkylation sites (tertiary alicyclic amines) is 1. The molecule has 156 valence electrons. The Morgan fingerprint density at radius 1 is 1.13 bits per heavy atom. The highest BCUT2D eigenvalue weighted by atomic mass is 32.1. The van der Waals surface area contributed by atoms with Gasteiger partial charge in [0.1, 0.15) is 19.0 Å². The molecule has 0 radical (unpaired) electrons. The van der Waals surface area contributed by atoms with Gasteiger partial charge in [0.15, 0.2) is 28.1 Å². The second-order valence-corrected chi connectivity index (χ2v) is 8.69. The number of thiazole rings is 1. The fourth-order valence-corrected chi connectivity index (χ4v) is 4.83. The van der Waals surface area contributed by atoms with Crippen LogP contribution in [0.1, 0.15) is 34.7 Å². The highest BCUT2D eigenvalue weighted by molar-refractivity contribution is 7.13. The number of hydrogen-bond acceptors (Lipinski definition) is 7. The number of fused-ring (bicyclic) bond motifs is 1. The molecule has 0 saturated carbocycles. The Morgan fingerprint density at radius 2 is 1.93 bits per heavy atom. The zero-order valence-electron chi connectivity index (χ0n) is 16.9. The average molecular weight is 425 g/mol. The monoisotopic (exact) mass is 424 g/mol. The Kier molecular flexibility index (Phi) is 5.31. The molecule has 3 aromatic rings. The molecule has 0 N–H and O–H groups in total. The van der Waals surface area contributed by atoms with Crippen LogP contribution in [0, 0.1) is 12.8 Å². The first kappa shape index (κ1) is 19.3. The third kappa shape index (κ3) is 4.00. The van der Waals surface area contributed by atoms with Crippen LogP contribution in [0.3, 0.4) is 0 Å². The topological polar surface area (TPSA) is 64.8 Å². The van der Waals surface area contributed by atoms with Crippen LogP contribution >= 0.6 is 11.3 Å². The molecule has 0 aliphatic carbocycles. The summed E-state index contributed by atoms with van der Waals surface area (Å²) in [7, 11) is 0. The van der Waals surface area contributed by atoms with E-state index in [1.165, 1.54) is 0 Å². The minimum absolute atomic E-state index is 0.0564. The molecule has 0 bridgehead atoms. The molecule has 1 aromatic carbocycles. The maximum Gasteiger partial charge on any atom is 0.166 e. The van der Waals surface area contributed by atoms with Gasteiger partial charge in [-0.3, -0.25) is 9.69 Å². The van der Waals surface area contributed by atoms with Crippen LogP contribution in [0.15, 0.2) is 40.1 Å². The molecule has 0 amide bonds. The van der Waals surface area contributed by atoms with E-state index in [-0.39, 0.29) is 11.7 Å². The van der Waals surface area contributed by atoms with Gasteiger partial charge in [0.2, 0.25) is 0 Å². The summed E-state index contributed by atoms with van der Waals surface area (Å²) in [6, 6.07) is 9.45. The number of ether oxygens (including phenoxy) is 2. The molecule has 6 nitrogen and oxygen atoms in total. The highest BCUT2D eigenvalue weighted by Gasteiger charge is 2.27. The first-order chi connectivity index (χ1) is 14.7. The Balaban J connectivity index is 1.17. The number of Topliss-reactive ketones (excluding diaryl/α,β-unsaturated/α-hetero) is 1. The van der Waals surface area contributed by atoms with Crippen molar-refractivity contribution >= 4 is 17.1 Å². The minimum Gasteiger partial charge on any atom is -0.486 e. The van der Waals surface area contributed by atoms with Crippen LogP contribution in [0.4, 0.5) is 0 Å². The molecule has 1 fully saturated rings. The van der Waals surface area contributed by atoms with E-state index < -0.39 is 0 Å². The molecule has 4 heterocycles. The molecular weight excluding hydrogens is 400 g/mol. The van der Waals surface area contributed by atoms with E-state index >= 15 is 0 Å². The number of benzene rings is 1. The predicted molar refractivity (Wildman–Crippen MR) is 114 cm³/mol. The number of nitrogens with zero attached hydrogens (tertiary/aromatic N) is 2. The lowest BCUT2D eigenvalue weighted by Crippen LogP contribution is -2.36. The van der Waals surface area contributed by atoms with Gasteiger partial charge in [-0.15, -0.1) is 11.3 Å². The maximum absolute atomic E-state index is 13.0. The van der Waals surface area contributed by atoms with Gasteiger partial charge < -0.3 is 13.9 Å². The summed E-state index contributed by atoms with van der Waals surface area (Å²) >= 11 is 1.61. The van der Waals surface area contributed by atoms with Crippen LogP contribution in [-0.4, -0.2) is 42.0 Å². The quantitative estimate of drug-likeness (QED) is 0.559. The summed E-state index contributed by atoms with van der Waals surface area (Å²) < 4.78 is 16.8. The van der Waals surface area contributed by atoms with Crippen LogP contribution in [0.25, 0.3) is 10.8 Å². The highest BCUT2D eigenvalue weighted by Crippen LogP contribution is 2.33. The maximum atomic E-state index is 13.0. The van der Waals surface area contributed by atoms with E-state index in [0.717, 1.165) is 66.0 Å². The smallest absolute Gasteiger partial charge is 0.166 e. The third-order valence-electron chi connectivity index (χ3n) is 5.67.